The van der Waals surface area contributed by atoms with Crippen LogP contribution in [0, 0.1) is 5.41 Å². The second kappa shape index (κ2) is 3.90. The van der Waals surface area contributed by atoms with Crippen LogP contribution >= 0.6 is 0 Å². The smallest absolute Gasteiger partial charge is 0.138 e. The van der Waals surface area contributed by atoms with Crippen molar-refractivity contribution in [2.45, 2.75) is 44.9 Å². The Morgan fingerprint density at radius 1 is 0.889 bits per heavy atom. The summed E-state index contributed by atoms with van der Waals surface area (Å²) in [7, 11) is 0. The summed E-state index contributed by atoms with van der Waals surface area (Å²) in [6, 6.07) is 0. The lowest BCUT2D eigenvalue weighted by molar-refractivity contribution is 0.174. The third-order valence-corrected chi connectivity index (χ3v) is 4.19. The largest absolute Gasteiger partial charge is 0.262 e. The molecule has 0 aliphatic heterocycles. The third-order valence-electron chi connectivity index (χ3n) is 4.19. The van der Waals surface area contributed by atoms with Gasteiger partial charge in [-0.05, 0) is 31.1 Å². The number of nitrogens with one attached hydrogen (secondary N) is 2. The molecule has 2 aromatic rings. The Morgan fingerprint density at radius 2 is 1.39 bits per heavy atom. The van der Waals surface area contributed by atoms with E-state index in [0.29, 0.717) is 5.41 Å². The molecule has 6 nitrogen and oxygen atoms in total. The van der Waals surface area contributed by atoms with E-state index in [1.807, 2.05) is 0 Å². The number of H-pyrrole nitrogens is 2. The average molecular weight is 246 g/mol. The zero-order valence-corrected chi connectivity index (χ0v) is 10.8. The molecule has 3 rings (SSSR count). The van der Waals surface area contributed by atoms with Crippen LogP contribution in [-0.4, -0.2) is 30.4 Å². The minimum atomic E-state index is -0.178. The Bertz CT molecular complexity index is 452. The number of nitrogens with zero attached hydrogens (tertiary/aromatic N) is 4. The fraction of sp³-hybridized carbons (Fsp3) is 0.667. The van der Waals surface area contributed by atoms with Crippen molar-refractivity contribution in [3.63, 3.8) is 0 Å². The Kier molecular flexibility index (Phi) is 2.46. The number of hydrogen-bond acceptors (Lipinski definition) is 4. The van der Waals surface area contributed by atoms with E-state index in [2.05, 4.69) is 44.2 Å². The minimum absolute atomic E-state index is 0.178. The Hall–Kier alpha value is -1.72. The lowest BCUT2D eigenvalue weighted by Crippen LogP contribution is -2.37. The van der Waals surface area contributed by atoms with Crippen LogP contribution in [0.3, 0.4) is 0 Å². The van der Waals surface area contributed by atoms with E-state index >= 15 is 0 Å². The van der Waals surface area contributed by atoms with Crippen LogP contribution in [0.15, 0.2) is 12.7 Å². The first-order valence-corrected chi connectivity index (χ1v) is 6.34. The summed E-state index contributed by atoms with van der Waals surface area (Å²) in [5.41, 5.74) is 0.214. The second-order valence-electron chi connectivity index (χ2n) is 5.91. The van der Waals surface area contributed by atoms with Crippen molar-refractivity contribution in [2.24, 2.45) is 5.41 Å². The summed E-state index contributed by atoms with van der Waals surface area (Å²) < 4.78 is 0. The number of aromatic amines is 2. The molecular formula is C12H18N6. The molecule has 1 saturated carbocycles. The van der Waals surface area contributed by atoms with E-state index in [4.69, 9.17) is 0 Å². The highest BCUT2D eigenvalue weighted by atomic mass is 15.2. The van der Waals surface area contributed by atoms with Crippen LogP contribution in [-0.2, 0) is 5.41 Å². The van der Waals surface area contributed by atoms with Crippen molar-refractivity contribution >= 4 is 0 Å². The molecule has 96 valence electrons. The Labute approximate surface area is 106 Å². The molecule has 0 bridgehead atoms. The molecule has 2 aromatic heterocycles. The van der Waals surface area contributed by atoms with Crippen LogP contribution in [0.1, 0.15) is 51.2 Å². The summed E-state index contributed by atoms with van der Waals surface area (Å²) in [5, 5.41) is 14.0. The maximum atomic E-state index is 4.36. The molecule has 2 heterocycles. The molecule has 0 radical (unpaired) electrons. The molecule has 0 spiro atoms. The predicted molar refractivity (Wildman–Crippen MR) is 65.8 cm³/mol. The van der Waals surface area contributed by atoms with Gasteiger partial charge in [-0.15, -0.1) is 0 Å². The van der Waals surface area contributed by atoms with Gasteiger partial charge in [0, 0.05) is 0 Å². The fourth-order valence-electron chi connectivity index (χ4n) is 2.81. The van der Waals surface area contributed by atoms with E-state index in [1.54, 1.807) is 12.7 Å². The third kappa shape index (κ3) is 1.72. The van der Waals surface area contributed by atoms with Crippen molar-refractivity contribution < 1.29 is 0 Å². The molecule has 0 atom stereocenters. The molecule has 0 amide bonds. The lowest BCUT2D eigenvalue weighted by atomic mass is 9.64. The van der Waals surface area contributed by atoms with Crippen molar-refractivity contribution in [3.8, 4) is 0 Å². The molecule has 6 heteroatoms. The minimum Gasteiger partial charge on any atom is -0.262 e. The molecule has 0 unspecified atom stereocenters. The first kappa shape index (κ1) is 11.4. The summed E-state index contributed by atoms with van der Waals surface area (Å²) in [4.78, 5) is 8.72. The monoisotopic (exact) mass is 246 g/mol. The quantitative estimate of drug-likeness (QED) is 0.846. The fourth-order valence-corrected chi connectivity index (χ4v) is 2.81. The van der Waals surface area contributed by atoms with Crippen LogP contribution in [0.4, 0.5) is 0 Å². The van der Waals surface area contributed by atoms with Gasteiger partial charge in [-0.1, -0.05) is 13.8 Å². The van der Waals surface area contributed by atoms with E-state index in [1.165, 1.54) is 0 Å². The average Bonchev–Trinajstić information content (AvgIpc) is 3.03. The highest BCUT2D eigenvalue weighted by molar-refractivity contribution is 5.22. The summed E-state index contributed by atoms with van der Waals surface area (Å²) in [6.45, 7) is 4.63. The van der Waals surface area contributed by atoms with Gasteiger partial charge in [-0.25, -0.2) is 9.97 Å². The zero-order chi connectivity index (χ0) is 12.6. The van der Waals surface area contributed by atoms with Crippen molar-refractivity contribution in [1.82, 2.24) is 30.4 Å². The highest BCUT2D eigenvalue weighted by Gasteiger charge is 2.45. The number of hydrogen-bond donors (Lipinski definition) is 2. The van der Waals surface area contributed by atoms with Gasteiger partial charge in [0.15, 0.2) is 0 Å². The molecule has 18 heavy (non-hydrogen) atoms. The van der Waals surface area contributed by atoms with Crippen LogP contribution in [0.2, 0.25) is 0 Å². The maximum absolute atomic E-state index is 4.36. The Morgan fingerprint density at radius 3 is 1.78 bits per heavy atom. The standard InChI is InChI=1S/C12H18N6/c1-11(2)3-5-12(6-4-11,9-13-7-15-17-9)10-14-8-16-18-10/h7-8H,3-6H2,1-2H3,(H,13,15,17)(H,14,16,18). The van der Waals surface area contributed by atoms with Crippen LogP contribution < -0.4 is 0 Å². The molecule has 1 aliphatic carbocycles. The van der Waals surface area contributed by atoms with Gasteiger partial charge in [0.25, 0.3) is 0 Å². The number of aromatic nitrogens is 6. The van der Waals surface area contributed by atoms with Gasteiger partial charge in [0.2, 0.25) is 0 Å². The predicted octanol–water partition coefficient (Wildman–Crippen LogP) is 1.81. The first-order valence-electron chi connectivity index (χ1n) is 6.34. The van der Waals surface area contributed by atoms with E-state index in [-0.39, 0.29) is 5.41 Å². The van der Waals surface area contributed by atoms with E-state index in [9.17, 15) is 0 Å². The van der Waals surface area contributed by atoms with Crippen molar-refractivity contribution in [2.75, 3.05) is 0 Å². The summed E-state index contributed by atoms with van der Waals surface area (Å²) in [6.07, 6.45) is 7.46. The van der Waals surface area contributed by atoms with E-state index in [0.717, 1.165) is 37.3 Å². The zero-order valence-electron chi connectivity index (χ0n) is 10.8. The van der Waals surface area contributed by atoms with Crippen molar-refractivity contribution in [1.29, 1.82) is 0 Å². The summed E-state index contributed by atoms with van der Waals surface area (Å²) >= 11 is 0. The summed E-state index contributed by atoms with van der Waals surface area (Å²) in [5.74, 6) is 1.80. The van der Waals surface area contributed by atoms with Gasteiger partial charge >= 0.3 is 0 Å². The second-order valence-corrected chi connectivity index (χ2v) is 5.91. The Balaban J connectivity index is 2.01. The molecular weight excluding hydrogens is 228 g/mol. The van der Waals surface area contributed by atoms with Gasteiger partial charge in [0.1, 0.15) is 24.3 Å². The topological polar surface area (TPSA) is 83.1 Å². The molecule has 2 N–H and O–H groups in total. The number of rotatable bonds is 2. The van der Waals surface area contributed by atoms with Gasteiger partial charge in [-0.2, -0.15) is 10.2 Å². The van der Waals surface area contributed by atoms with Crippen LogP contribution in [0.5, 0.6) is 0 Å². The van der Waals surface area contributed by atoms with Crippen LogP contribution in [0.25, 0.3) is 0 Å². The van der Waals surface area contributed by atoms with Gasteiger partial charge < -0.3 is 0 Å². The molecule has 1 fully saturated rings. The van der Waals surface area contributed by atoms with Gasteiger partial charge in [0.05, 0.1) is 5.41 Å². The lowest BCUT2D eigenvalue weighted by Gasteiger charge is -2.40. The molecule has 0 aromatic carbocycles. The van der Waals surface area contributed by atoms with Crippen molar-refractivity contribution in [3.05, 3.63) is 24.3 Å². The maximum Gasteiger partial charge on any atom is 0.138 e. The highest BCUT2D eigenvalue weighted by Crippen LogP contribution is 2.48. The first-order chi connectivity index (χ1) is 8.62. The molecule has 0 saturated heterocycles. The normalized spacial score (nSPS) is 21.9. The molecule has 1 aliphatic rings. The SMILES string of the molecule is CC1(C)CCC(c2ncn[nH]2)(c2ncn[nH]2)CC1. The van der Waals surface area contributed by atoms with Gasteiger partial charge in [-0.3, -0.25) is 10.2 Å². The van der Waals surface area contributed by atoms with E-state index < -0.39 is 0 Å².